The predicted molar refractivity (Wildman–Crippen MR) is 60.2 cm³/mol. The highest BCUT2D eigenvalue weighted by atomic mass is 35.5. The van der Waals surface area contributed by atoms with Gasteiger partial charge in [-0.15, -0.1) is 0 Å². The minimum absolute atomic E-state index is 0.735. The topological polar surface area (TPSA) is 9.23 Å². The van der Waals surface area contributed by atoms with Crippen LogP contribution in [0.4, 0.5) is 0 Å². The van der Waals surface area contributed by atoms with E-state index in [-0.39, 0.29) is 0 Å². The van der Waals surface area contributed by atoms with Crippen molar-refractivity contribution in [1.29, 1.82) is 0 Å². The van der Waals surface area contributed by atoms with Crippen LogP contribution in [0, 0.1) is 6.92 Å². The second kappa shape index (κ2) is 3.72. The third-order valence-electron chi connectivity index (χ3n) is 1.57. The van der Waals surface area contributed by atoms with E-state index in [9.17, 15) is 0 Å². The summed E-state index contributed by atoms with van der Waals surface area (Å²) in [6.07, 6.45) is 0. The summed E-state index contributed by atoms with van der Waals surface area (Å²) < 4.78 is 5.87. The molecular weight excluding hydrogens is 200 g/mol. The molecule has 1 aromatic rings. The Bertz CT molecular complexity index is 304. The Labute approximate surface area is 85.8 Å². The van der Waals surface area contributed by atoms with Crippen molar-refractivity contribution < 1.29 is 4.43 Å². The number of rotatable bonds is 2. The molecule has 3 heteroatoms. The molecule has 0 unspecified atom stereocenters. The molecule has 0 amide bonds. The largest absolute Gasteiger partial charge is 0.544 e. The molecule has 0 aliphatic carbocycles. The average Bonchev–Trinajstić information content (AvgIpc) is 1.94. The Morgan fingerprint density at radius 3 is 2.38 bits per heavy atom. The van der Waals surface area contributed by atoms with Gasteiger partial charge in [-0.25, -0.2) is 0 Å². The van der Waals surface area contributed by atoms with Gasteiger partial charge in [0.15, 0.2) is 0 Å². The van der Waals surface area contributed by atoms with Gasteiger partial charge in [-0.1, -0.05) is 17.7 Å². The van der Waals surface area contributed by atoms with Crippen LogP contribution in [0.2, 0.25) is 24.7 Å². The lowest BCUT2D eigenvalue weighted by Gasteiger charge is -2.20. The monoisotopic (exact) mass is 214 g/mol. The van der Waals surface area contributed by atoms with E-state index in [1.54, 1.807) is 0 Å². The zero-order valence-corrected chi connectivity index (χ0v) is 10.3. The molecule has 13 heavy (non-hydrogen) atoms. The van der Waals surface area contributed by atoms with Gasteiger partial charge in [0.1, 0.15) is 5.75 Å². The molecule has 0 aliphatic heterocycles. The first-order chi connectivity index (χ1) is 5.88. The van der Waals surface area contributed by atoms with Crippen LogP contribution in [-0.4, -0.2) is 8.32 Å². The van der Waals surface area contributed by atoms with Crippen LogP contribution < -0.4 is 4.43 Å². The first-order valence-electron chi connectivity index (χ1n) is 4.34. The van der Waals surface area contributed by atoms with Crippen molar-refractivity contribution in [1.82, 2.24) is 0 Å². The van der Waals surface area contributed by atoms with E-state index < -0.39 is 8.32 Å². The predicted octanol–water partition coefficient (Wildman–Crippen LogP) is 3.86. The van der Waals surface area contributed by atoms with Crippen molar-refractivity contribution in [2.24, 2.45) is 0 Å². The highest BCUT2D eigenvalue weighted by Crippen LogP contribution is 2.24. The summed E-state index contributed by atoms with van der Waals surface area (Å²) in [5.74, 6) is 0.923. The van der Waals surface area contributed by atoms with Gasteiger partial charge >= 0.3 is 0 Å². The van der Waals surface area contributed by atoms with Gasteiger partial charge in [0, 0.05) is 5.02 Å². The number of hydrogen-bond donors (Lipinski definition) is 0. The molecule has 0 atom stereocenters. The van der Waals surface area contributed by atoms with E-state index in [0.29, 0.717) is 0 Å². The van der Waals surface area contributed by atoms with Crippen LogP contribution in [0.3, 0.4) is 0 Å². The summed E-state index contributed by atoms with van der Waals surface area (Å²) in [6, 6.07) is 5.75. The van der Waals surface area contributed by atoms with Crippen molar-refractivity contribution >= 4 is 19.9 Å². The molecule has 0 radical (unpaired) electrons. The van der Waals surface area contributed by atoms with E-state index in [1.165, 1.54) is 0 Å². The first kappa shape index (κ1) is 10.6. The zero-order valence-electron chi connectivity index (χ0n) is 8.52. The van der Waals surface area contributed by atoms with Crippen molar-refractivity contribution in [2.75, 3.05) is 0 Å². The van der Waals surface area contributed by atoms with Gasteiger partial charge < -0.3 is 4.43 Å². The molecule has 0 heterocycles. The quantitative estimate of drug-likeness (QED) is 0.680. The highest BCUT2D eigenvalue weighted by molar-refractivity contribution is 6.70. The summed E-state index contributed by atoms with van der Waals surface area (Å²) in [7, 11) is -1.51. The maximum absolute atomic E-state index is 5.88. The summed E-state index contributed by atoms with van der Waals surface area (Å²) in [4.78, 5) is 0. The Kier molecular flexibility index (Phi) is 3.04. The molecule has 0 aromatic heterocycles. The zero-order chi connectivity index (χ0) is 10.1. The third kappa shape index (κ3) is 3.41. The van der Waals surface area contributed by atoms with Crippen LogP contribution in [0.25, 0.3) is 0 Å². The van der Waals surface area contributed by atoms with Gasteiger partial charge in [0.25, 0.3) is 0 Å². The molecule has 0 saturated carbocycles. The molecule has 0 N–H and O–H groups in total. The van der Waals surface area contributed by atoms with E-state index >= 15 is 0 Å². The second-order valence-corrected chi connectivity index (χ2v) is 8.99. The summed E-state index contributed by atoms with van der Waals surface area (Å²) >= 11 is 5.88. The molecule has 0 aliphatic rings. The van der Waals surface area contributed by atoms with Gasteiger partial charge in [-0.05, 0) is 44.3 Å². The molecule has 1 nitrogen and oxygen atoms in total. The molecule has 0 bridgehead atoms. The van der Waals surface area contributed by atoms with Crippen molar-refractivity contribution in [2.45, 2.75) is 26.6 Å². The molecule has 0 saturated heterocycles. The van der Waals surface area contributed by atoms with Crippen LogP contribution in [0.5, 0.6) is 5.75 Å². The molecule has 1 aromatic carbocycles. The smallest absolute Gasteiger partial charge is 0.242 e. The summed E-state index contributed by atoms with van der Waals surface area (Å²) in [6.45, 7) is 8.51. The lowest BCUT2D eigenvalue weighted by Crippen LogP contribution is -2.29. The SMILES string of the molecule is Cc1ccc(Cl)cc1O[Si](C)(C)C. The fourth-order valence-corrected chi connectivity index (χ4v) is 2.06. The standard InChI is InChI=1S/C10H15ClOSi/c1-8-5-6-9(11)7-10(8)12-13(2,3)4/h5-7H,1-4H3. The lowest BCUT2D eigenvalue weighted by molar-refractivity contribution is 0.553. The van der Waals surface area contributed by atoms with Crippen molar-refractivity contribution in [3.63, 3.8) is 0 Å². The Hall–Kier alpha value is -0.473. The fraction of sp³-hybridized carbons (Fsp3) is 0.400. The summed E-state index contributed by atoms with van der Waals surface area (Å²) in [5, 5.41) is 0.735. The van der Waals surface area contributed by atoms with Gasteiger partial charge in [0.05, 0.1) is 0 Å². The van der Waals surface area contributed by atoms with Crippen LogP contribution in [0.1, 0.15) is 5.56 Å². The van der Waals surface area contributed by atoms with Crippen LogP contribution in [-0.2, 0) is 0 Å². The van der Waals surface area contributed by atoms with E-state index in [4.69, 9.17) is 16.0 Å². The van der Waals surface area contributed by atoms with Gasteiger partial charge in [-0.3, -0.25) is 0 Å². The molecule has 0 spiro atoms. The van der Waals surface area contributed by atoms with Crippen LogP contribution >= 0.6 is 11.6 Å². The van der Waals surface area contributed by atoms with Crippen molar-refractivity contribution in [3.05, 3.63) is 28.8 Å². The normalized spacial score (nSPS) is 11.5. The number of aryl methyl sites for hydroxylation is 1. The minimum atomic E-state index is -1.51. The minimum Gasteiger partial charge on any atom is -0.544 e. The number of halogens is 1. The van der Waals surface area contributed by atoms with Gasteiger partial charge in [0.2, 0.25) is 8.32 Å². The second-order valence-electron chi connectivity index (χ2n) is 4.12. The Morgan fingerprint density at radius 2 is 1.85 bits per heavy atom. The van der Waals surface area contributed by atoms with E-state index in [0.717, 1.165) is 16.3 Å². The third-order valence-corrected chi connectivity index (χ3v) is 2.63. The molecule has 0 fully saturated rings. The van der Waals surface area contributed by atoms with Crippen molar-refractivity contribution in [3.8, 4) is 5.75 Å². The Balaban J connectivity index is 2.94. The number of hydrogen-bond acceptors (Lipinski definition) is 1. The number of benzene rings is 1. The molecule has 72 valence electrons. The Morgan fingerprint density at radius 1 is 1.23 bits per heavy atom. The maximum Gasteiger partial charge on any atom is 0.242 e. The summed E-state index contributed by atoms with van der Waals surface area (Å²) in [5.41, 5.74) is 1.15. The van der Waals surface area contributed by atoms with E-state index in [1.807, 2.05) is 25.1 Å². The maximum atomic E-state index is 5.88. The van der Waals surface area contributed by atoms with Gasteiger partial charge in [-0.2, -0.15) is 0 Å². The average molecular weight is 215 g/mol. The molecular formula is C10H15ClOSi. The molecule has 1 rings (SSSR count). The first-order valence-corrected chi connectivity index (χ1v) is 8.12. The fourth-order valence-electron chi connectivity index (χ4n) is 1.01. The van der Waals surface area contributed by atoms with E-state index in [2.05, 4.69) is 19.6 Å². The van der Waals surface area contributed by atoms with Crippen LogP contribution in [0.15, 0.2) is 18.2 Å². The highest BCUT2D eigenvalue weighted by Gasteiger charge is 2.17. The lowest BCUT2D eigenvalue weighted by atomic mass is 10.2.